The molecule has 0 radical (unpaired) electrons. The summed E-state index contributed by atoms with van der Waals surface area (Å²) in [6, 6.07) is 13.0. The summed E-state index contributed by atoms with van der Waals surface area (Å²) in [7, 11) is 0. The van der Waals surface area contributed by atoms with Crippen molar-refractivity contribution in [3.8, 4) is 17.2 Å². The van der Waals surface area contributed by atoms with Crippen molar-refractivity contribution in [3.05, 3.63) is 82.2 Å². The molecule has 0 unspecified atom stereocenters. The lowest BCUT2D eigenvalue weighted by molar-refractivity contribution is -0.152. The zero-order chi connectivity index (χ0) is 24.2. The van der Waals surface area contributed by atoms with Gasteiger partial charge in [-0.1, -0.05) is 12.1 Å². The molecule has 0 heterocycles. The number of rotatable bonds is 6. The van der Waals surface area contributed by atoms with E-state index in [2.05, 4.69) is 5.32 Å². The summed E-state index contributed by atoms with van der Waals surface area (Å²) in [4.78, 5) is 23.9. The molecule has 0 aliphatic heterocycles. The minimum atomic E-state index is -0.912. The van der Waals surface area contributed by atoms with Crippen molar-refractivity contribution in [1.29, 1.82) is 0 Å². The second-order valence-corrected chi connectivity index (χ2v) is 8.25. The first kappa shape index (κ1) is 23.3. The van der Waals surface area contributed by atoms with Gasteiger partial charge < -0.3 is 19.9 Å². The number of anilines is 1. The Kier molecular flexibility index (Phi) is 6.82. The Bertz CT molecular complexity index is 1240. The Balaban J connectivity index is 1.60. The average Bonchev–Trinajstić information content (AvgIpc) is 3.30. The first-order valence-corrected chi connectivity index (χ1v) is 11.2. The van der Waals surface area contributed by atoms with Gasteiger partial charge in [0.1, 0.15) is 23.1 Å². The molecule has 7 heteroatoms. The number of phenolic OH excluding ortho intramolecular Hbond substituents is 1. The number of halogens is 1. The van der Waals surface area contributed by atoms with E-state index in [1.807, 2.05) is 6.92 Å². The first-order chi connectivity index (χ1) is 16.4. The van der Waals surface area contributed by atoms with E-state index in [1.54, 1.807) is 43.3 Å². The number of benzene rings is 3. The molecule has 0 spiro atoms. The average molecular weight is 464 g/mol. The number of ether oxygens (including phenoxy) is 2. The van der Waals surface area contributed by atoms with E-state index < -0.39 is 11.9 Å². The molecule has 0 saturated heterocycles. The standard InChI is InChI=1S/C27H26FNO5/c1-3-33-27(32)26(31)29-23-13-16(2)25(22-6-4-5-21(22)23)34-20-11-12-24(30)18(15-20)14-17-7-9-19(28)10-8-17/h7-13,15,30H,3-6,14H2,1-2H3,(H,29,31). The Morgan fingerprint density at radius 2 is 1.79 bits per heavy atom. The number of carbonyl (C=O) groups excluding carboxylic acids is 2. The van der Waals surface area contributed by atoms with Gasteiger partial charge in [-0.25, -0.2) is 9.18 Å². The quantitative estimate of drug-likeness (QED) is 0.387. The van der Waals surface area contributed by atoms with Crippen LogP contribution in [0.3, 0.4) is 0 Å². The van der Waals surface area contributed by atoms with E-state index >= 15 is 0 Å². The minimum Gasteiger partial charge on any atom is -0.508 e. The fraction of sp³-hybridized carbons (Fsp3) is 0.259. The van der Waals surface area contributed by atoms with E-state index in [9.17, 15) is 19.1 Å². The van der Waals surface area contributed by atoms with Crippen molar-refractivity contribution in [2.24, 2.45) is 0 Å². The van der Waals surface area contributed by atoms with Crippen LogP contribution in [0.25, 0.3) is 0 Å². The molecule has 0 aromatic heterocycles. The molecule has 0 fully saturated rings. The van der Waals surface area contributed by atoms with Gasteiger partial charge in [0.25, 0.3) is 0 Å². The first-order valence-electron chi connectivity index (χ1n) is 11.2. The lowest BCUT2D eigenvalue weighted by Crippen LogP contribution is -2.25. The lowest BCUT2D eigenvalue weighted by Gasteiger charge is -2.18. The molecule has 1 aliphatic rings. The summed E-state index contributed by atoms with van der Waals surface area (Å²) in [6.45, 7) is 3.66. The summed E-state index contributed by atoms with van der Waals surface area (Å²) < 4.78 is 24.3. The molecule has 1 amide bonds. The molecule has 6 nitrogen and oxygen atoms in total. The van der Waals surface area contributed by atoms with Crippen LogP contribution in [0, 0.1) is 12.7 Å². The fourth-order valence-corrected chi connectivity index (χ4v) is 4.23. The highest BCUT2D eigenvalue weighted by atomic mass is 19.1. The number of fused-ring (bicyclic) bond motifs is 1. The second-order valence-electron chi connectivity index (χ2n) is 8.25. The number of hydrogen-bond acceptors (Lipinski definition) is 5. The van der Waals surface area contributed by atoms with Crippen LogP contribution in [-0.2, 0) is 33.6 Å². The van der Waals surface area contributed by atoms with Crippen molar-refractivity contribution in [2.75, 3.05) is 11.9 Å². The van der Waals surface area contributed by atoms with Crippen LogP contribution in [-0.4, -0.2) is 23.6 Å². The maximum Gasteiger partial charge on any atom is 0.397 e. The number of phenols is 1. The van der Waals surface area contributed by atoms with Crippen molar-refractivity contribution in [1.82, 2.24) is 0 Å². The highest BCUT2D eigenvalue weighted by Gasteiger charge is 2.25. The third-order valence-corrected chi connectivity index (χ3v) is 5.82. The van der Waals surface area contributed by atoms with Crippen LogP contribution in [0.15, 0.2) is 48.5 Å². The maximum atomic E-state index is 13.2. The SMILES string of the molecule is CCOC(=O)C(=O)Nc1cc(C)c(Oc2ccc(O)c(Cc3ccc(F)cc3)c2)c2c1CCC2. The van der Waals surface area contributed by atoms with E-state index in [0.29, 0.717) is 29.2 Å². The van der Waals surface area contributed by atoms with Crippen molar-refractivity contribution in [2.45, 2.75) is 39.5 Å². The van der Waals surface area contributed by atoms with E-state index in [4.69, 9.17) is 9.47 Å². The molecular formula is C27H26FNO5. The number of hydrogen-bond donors (Lipinski definition) is 2. The predicted octanol–water partition coefficient (Wildman–Crippen LogP) is 5.21. The van der Waals surface area contributed by atoms with Gasteiger partial charge in [0.15, 0.2) is 0 Å². The summed E-state index contributed by atoms with van der Waals surface area (Å²) >= 11 is 0. The molecule has 0 atom stereocenters. The minimum absolute atomic E-state index is 0.131. The molecule has 34 heavy (non-hydrogen) atoms. The van der Waals surface area contributed by atoms with Gasteiger partial charge in [0, 0.05) is 23.2 Å². The molecule has 176 valence electrons. The molecule has 0 bridgehead atoms. The highest BCUT2D eigenvalue weighted by molar-refractivity contribution is 6.37. The Labute approximate surface area is 197 Å². The van der Waals surface area contributed by atoms with Crippen LogP contribution in [0.1, 0.15) is 41.2 Å². The number of aryl methyl sites for hydroxylation is 1. The number of carbonyl (C=O) groups is 2. The van der Waals surface area contributed by atoms with Crippen LogP contribution in [0.2, 0.25) is 0 Å². The van der Waals surface area contributed by atoms with E-state index in [0.717, 1.165) is 41.5 Å². The maximum absolute atomic E-state index is 13.2. The fourth-order valence-electron chi connectivity index (χ4n) is 4.23. The van der Waals surface area contributed by atoms with Gasteiger partial charge in [-0.3, -0.25) is 4.79 Å². The van der Waals surface area contributed by atoms with Crippen LogP contribution < -0.4 is 10.1 Å². The smallest absolute Gasteiger partial charge is 0.397 e. The van der Waals surface area contributed by atoms with Crippen molar-refractivity contribution in [3.63, 3.8) is 0 Å². The van der Waals surface area contributed by atoms with Gasteiger partial charge >= 0.3 is 11.9 Å². The van der Waals surface area contributed by atoms with Gasteiger partial charge in [-0.05, 0) is 86.2 Å². The summed E-state index contributed by atoms with van der Waals surface area (Å²) in [5.41, 5.74) is 4.88. The van der Waals surface area contributed by atoms with Gasteiger partial charge in [-0.2, -0.15) is 0 Å². The number of aromatic hydroxyl groups is 1. The number of esters is 1. The topological polar surface area (TPSA) is 84.9 Å². The summed E-state index contributed by atoms with van der Waals surface area (Å²) in [6.07, 6.45) is 2.88. The third-order valence-electron chi connectivity index (χ3n) is 5.82. The van der Waals surface area contributed by atoms with E-state index in [1.165, 1.54) is 12.1 Å². The third kappa shape index (κ3) is 5.03. The van der Waals surface area contributed by atoms with Crippen LogP contribution >= 0.6 is 0 Å². The molecule has 3 aromatic rings. The Morgan fingerprint density at radius 1 is 1.06 bits per heavy atom. The zero-order valence-electron chi connectivity index (χ0n) is 19.1. The van der Waals surface area contributed by atoms with Gasteiger partial charge in [0.2, 0.25) is 0 Å². The largest absolute Gasteiger partial charge is 0.508 e. The summed E-state index contributed by atoms with van der Waals surface area (Å²) in [5, 5.41) is 13.0. The molecule has 4 rings (SSSR count). The predicted molar refractivity (Wildman–Crippen MR) is 126 cm³/mol. The molecule has 1 aliphatic carbocycles. The molecular weight excluding hydrogens is 437 g/mol. The lowest BCUT2D eigenvalue weighted by atomic mass is 10.0. The molecule has 3 aromatic carbocycles. The Morgan fingerprint density at radius 3 is 2.53 bits per heavy atom. The second kappa shape index (κ2) is 9.95. The highest BCUT2D eigenvalue weighted by Crippen LogP contribution is 2.41. The van der Waals surface area contributed by atoms with Crippen LogP contribution in [0.5, 0.6) is 17.2 Å². The summed E-state index contributed by atoms with van der Waals surface area (Å²) in [5.74, 6) is -0.611. The molecule has 2 N–H and O–H groups in total. The van der Waals surface area contributed by atoms with E-state index in [-0.39, 0.29) is 18.2 Å². The molecule has 0 saturated carbocycles. The van der Waals surface area contributed by atoms with Crippen molar-refractivity contribution >= 4 is 17.6 Å². The van der Waals surface area contributed by atoms with Crippen molar-refractivity contribution < 1.29 is 28.6 Å². The monoisotopic (exact) mass is 463 g/mol. The number of amides is 1. The number of nitrogens with one attached hydrogen (secondary N) is 1. The zero-order valence-corrected chi connectivity index (χ0v) is 19.1. The van der Waals surface area contributed by atoms with Gasteiger partial charge in [0.05, 0.1) is 6.61 Å². The Hall–Kier alpha value is -3.87. The van der Waals surface area contributed by atoms with Gasteiger partial charge in [-0.15, -0.1) is 0 Å². The van der Waals surface area contributed by atoms with Crippen LogP contribution in [0.4, 0.5) is 10.1 Å². The normalized spacial score (nSPS) is 12.2.